The molecule has 2 N–H and O–H groups in total. The van der Waals surface area contributed by atoms with Crippen LogP contribution in [-0.2, 0) is 4.74 Å². The molecule has 2 heteroatoms. The molecule has 2 aliphatic carbocycles. The first-order chi connectivity index (χ1) is 5.86. The normalized spacial score (nSPS) is 37.8. The highest BCUT2D eigenvalue weighted by atomic mass is 16.5. The van der Waals surface area contributed by atoms with Crippen molar-refractivity contribution in [3.63, 3.8) is 0 Å². The largest absolute Gasteiger partial charge is 0.373 e. The maximum Gasteiger partial charge on any atom is 0.0729 e. The third-order valence-electron chi connectivity index (χ3n) is 3.17. The van der Waals surface area contributed by atoms with E-state index in [0.29, 0.717) is 18.2 Å². The average Bonchev–Trinajstić information content (AvgIpc) is 2.65. The molecule has 0 aliphatic heterocycles. The summed E-state index contributed by atoms with van der Waals surface area (Å²) in [5, 5.41) is 0. The molecule has 2 aliphatic rings. The molecule has 12 heavy (non-hydrogen) atoms. The van der Waals surface area contributed by atoms with Crippen LogP contribution in [0.2, 0.25) is 0 Å². The van der Waals surface area contributed by atoms with Gasteiger partial charge in [0.05, 0.1) is 12.2 Å². The molecule has 2 nitrogen and oxygen atoms in total. The van der Waals surface area contributed by atoms with Gasteiger partial charge in [0.1, 0.15) is 0 Å². The lowest BCUT2D eigenvalue weighted by molar-refractivity contribution is -0.0113. The number of rotatable bonds is 2. The van der Waals surface area contributed by atoms with Gasteiger partial charge in [-0.2, -0.15) is 0 Å². The smallest absolute Gasteiger partial charge is 0.0729 e. The Morgan fingerprint density at radius 2 is 1.67 bits per heavy atom. The first-order valence-corrected chi connectivity index (χ1v) is 5.27. The lowest BCUT2D eigenvalue weighted by Crippen LogP contribution is -2.33. The van der Waals surface area contributed by atoms with E-state index in [0.717, 1.165) is 6.42 Å². The molecule has 2 unspecified atom stereocenters. The summed E-state index contributed by atoms with van der Waals surface area (Å²) in [7, 11) is 0. The number of hydrogen-bond acceptors (Lipinski definition) is 2. The van der Waals surface area contributed by atoms with E-state index in [2.05, 4.69) is 0 Å². The minimum Gasteiger partial charge on any atom is -0.373 e. The maximum absolute atomic E-state index is 5.96. The van der Waals surface area contributed by atoms with Crippen LogP contribution in [0.3, 0.4) is 0 Å². The summed E-state index contributed by atoms with van der Waals surface area (Å²) in [6.45, 7) is 0. The highest BCUT2D eigenvalue weighted by Gasteiger charge is 2.28. The van der Waals surface area contributed by atoms with Crippen molar-refractivity contribution in [3.05, 3.63) is 0 Å². The van der Waals surface area contributed by atoms with E-state index in [4.69, 9.17) is 10.5 Å². The van der Waals surface area contributed by atoms with Crippen LogP contribution in [0.4, 0.5) is 0 Å². The zero-order valence-electron chi connectivity index (χ0n) is 7.67. The molecule has 2 fully saturated rings. The van der Waals surface area contributed by atoms with Crippen LogP contribution in [0.5, 0.6) is 0 Å². The quantitative estimate of drug-likeness (QED) is 0.684. The van der Waals surface area contributed by atoms with Gasteiger partial charge in [-0.05, 0) is 32.1 Å². The summed E-state index contributed by atoms with van der Waals surface area (Å²) in [5.41, 5.74) is 5.93. The van der Waals surface area contributed by atoms with Gasteiger partial charge >= 0.3 is 0 Å². The second-order valence-electron chi connectivity index (χ2n) is 4.18. The van der Waals surface area contributed by atoms with Crippen molar-refractivity contribution in [2.75, 3.05) is 0 Å². The Morgan fingerprint density at radius 1 is 0.917 bits per heavy atom. The molecule has 0 radical (unpaired) electrons. The fraction of sp³-hybridized carbons (Fsp3) is 1.00. The Kier molecular flexibility index (Phi) is 2.66. The first-order valence-electron chi connectivity index (χ1n) is 5.27. The van der Waals surface area contributed by atoms with E-state index >= 15 is 0 Å². The highest BCUT2D eigenvalue weighted by Crippen LogP contribution is 2.27. The van der Waals surface area contributed by atoms with Gasteiger partial charge in [0.2, 0.25) is 0 Å². The van der Waals surface area contributed by atoms with Crippen molar-refractivity contribution in [1.82, 2.24) is 0 Å². The van der Waals surface area contributed by atoms with Crippen molar-refractivity contribution in [2.45, 2.75) is 63.2 Å². The van der Waals surface area contributed by atoms with Crippen LogP contribution in [0.25, 0.3) is 0 Å². The molecule has 0 aromatic rings. The number of hydrogen-bond donors (Lipinski definition) is 1. The molecule has 2 saturated carbocycles. The van der Waals surface area contributed by atoms with Gasteiger partial charge in [-0.15, -0.1) is 0 Å². The average molecular weight is 169 g/mol. The Morgan fingerprint density at radius 3 is 2.25 bits per heavy atom. The Labute approximate surface area is 74.5 Å². The number of nitrogens with two attached hydrogens (primary N) is 1. The van der Waals surface area contributed by atoms with E-state index < -0.39 is 0 Å². The lowest BCUT2D eigenvalue weighted by Gasteiger charge is -2.20. The third-order valence-corrected chi connectivity index (χ3v) is 3.17. The van der Waals surface area contributed by atoms with Gasteiger partial charge in [-0.3, -0.25) is 0 Å². The second kappa shape index (κ2) is 3.75. The molecule has 2 atom stereocenters. The third kappa shape index (κ3) is 1.80. The molecule has 70 valence electrons. The summed E-state index contributed by atoms with van der Waals surface area (Å²) < 4.78 is 5.96. The van der Waals surface area contributed by atoms with Gasteiger partial charge < -0.3 is 10.5 Å². The first kappa shape index (κ1) is 8.52. The summed E-state index contributed by atoms with van der Waals surface area (Å²) in [4.78, 5) is 0. The Balaban J connectivity index is 1.77. The van der Waals surface area contributed by atoms with Crippen LogP contribution in [0.15, 0.2) is 0 Å². The fourth-order valence-corrected chi connectivity index (χ4v) is 2.40. The standard InChI is InChI=1S/C10H19NO/c11-9-6-3-7-10(9)12-8-4-1-2-5-8/h8-10H,1-7,11H2. The lowest BCUT2D eigenvalue weighted by atomic mass is 10.2. The van der Waals surface area contributed by atoms with E-state index in [9.17, 15) is 0 Å². The SMILES string of the molecule is NC1CCCC1OC1CCCC1. The molecule has 0 heterocycles. The summed E-state index contributed by atoms with van der Waals surface area (Å²) in [5.74, 6) is 0. The van der Waals surface area contributed by atoms with Crippen LogP contribution in [0.1, 0.15) is 44.9 Å². The zero-order valence-corrected chi connectivity index (χ0v) is 7.67. The van der Waals surface area contributed by atoms with Gasteiger partial charge in [-0.25, -0.2) is 0 Å². The van der Waals surface area contributed by atoms with Crippen molar-refractivity contribution < 1.29 is 4.74 Å². The molecule has 0 aromatic carbocycles. The monoisotopic (exact) mass is 169 g/mol. The minimum atomic E-state index is 0.325. The van der Waals surface area contributed by atoms with Crippen molar-refractivity contribution in [1.29, 1.82) is 0 Å². The van der Waals surface area contributed by atoms with E-state index in [-0.39, 0.29) is 0 Å². The Bertz CT molecular complexity index is 143. The molecule has 0 bridgehead atoms. The fourth-order valence-electron chi connectivity index (χ4n) is 2.40. The molecular weight excluding hydrogens is 150 g/mol. The maximum atomic E-state index is 5.96. The van der Waals surface area contributed by atoms with Gasteiger partial charge in [-0.1, -0.05) is 12.8 Å². The van der Waals surface area contributed by atoms with Crippen LogP contribution in [-0.4, -0.2) is 18.2 Å². The second-order valence-corrected chi connectivity index (χ2v) is 4.18. The van der Waals surface area contributed by atoms with Crippen molar-refractivity contribution in [3.8, 4) is 0 Å². The molecule has 0 saturated heterocycles. The van der Waals surface area contributed by atoms with Crippen molar-refractivity contribution >= 4 is 0 Å². The summed E-state index contributed by atoms with van der Waals surface area (Å²) in [6.07, 6.45) is 9.78. The molecule has 0 aromatic heterocycles. The molecule has 2 rings (SSSR count). The summed E-state index contributed by atoms with van der Waals surface area (Å²) in [6, 6.07) is 0.325. The summed E-state index contributed by atoms with van der Waals surface area (Å²) >= 11 is 0. The van der Waals surface area contributed by atoms with E-state index in [1.807, 2.05) is 0 Å². The molecule has 0 amide bonds. The van der Waals surface area contributed by atoms with Crippen LogP contribution >= 0.6 is 0 Å². The molecular formula is C10H19NO. The number of ether oxygens (including phenoxy) is 1. The van der Waals surface area contributed by atoms with Crippen LogP contribution in [0, 0.1) is 0 Å². The van der Waals surface area contributed by atoms with Gasteiger partial charge in [0.15, 0.2) is 0 Å². The minimum absolute atomic E-state index is 0.325. The van der Waals surface area contributed by atoms with Crippen molar-refractivity contribution in [2.24, 2.45) is 5.73 Å². The highest BCUT2D eigenvalue weighted by molar-refractivity contribution is 4.82. The predicted octanol–water partition coefficient (Wildman–Crippen LogP) is 1.83. The topological polar surface area (TPSA) is 35.2 Å². The zero-order chi connectivity index (χ0) is 8.39. The van der Waals surface area contributed by atoms with E-state index in [1.165, 1.54) is 38.5 Å². The Hall–Kier alpha value is -0.0800. The predicted molar refractivity (Wildman–Crippen MR) is 49.0 cm³/mol. The molecule has 0 spiro atoms. The van der Waals surface area contributed by atoms with Gasteiger partial charge in [0.25, 0.3) is 0 Å². The van der Waals surface area contributed by atoms with E-state index in [1.54, 1.807) is 0 Å². The van der Waals surface area contributed by atoms with Gasteiger partial charge in [0, 0.05) is 6.04 Å². The van der Waals surface area contributed by atoms with Crippen LogP contribution < -0.4 is 5.73 Å².